The van der Waals surface area contributed by atoms with Crippen molar-refractivity contribution in [1.82, 2.24) is 9.71 Å². The zero-order valence-electron chi connectivity index (χ0n) is 8.53. The monoisotopic (exact) mass is 268 g/mol. The highest BCUT2D eigenvalue weighted by molar-refractivity contribution is 7.90. The molecule has 1 N–H and O–H groups in total. The molecule has 0 radical (unpaired) electrons. The minimum absolute atomic E-state index is 0.320. The lowest BCUT2D eigenvalue weighted by atomic mass is 10.4. The van der Waals surface area contributed by atoms with Crippen molar-refractivity contribution in [3.8, 4) is 0 Å². The first-order valence-corrected chi connectivity index (χ1v) is 7.49. The second-order valence-electron chi connectivity index (χ2n) is 3.08. The van der Waals surface area contributed by atoms with Crippen molar-refractivity contribution in [3.05, 3.63) is 16.1 Å². The van der Waals surface area contributed by atoms with E-state index in [4.69, 9.17) is 11.6 Å². The molecule has 15 heavy (non-hydrogen) atoms. The van der Waals surface area contributed by atoms with Crippen molar-refractivity contribution >= 4 is 33.0 Å². The van der Waals surface area contributed by atoms with E-state index in [2.05, 4.69) is 9.71 Å². The second-order valence-corrected chi connectivity index (χ2v) is 6.57. The standard InChI is InChI=1S/C8H13ClN2O2S2/c1-3-7-4-10-8(14-7)6(2)11-15(12,13)5-9/h4,6,11H,3,5H2,1-2H3. The van der Waals surface area contributed by atoms with E-state index in [0.29, 0.717) is 0 Å². The molecule has 0 saturated carbocycles. The van der Waals surface area contributed by atoms with Gasteiger partial charge in [0.2, 0.25) is 10.0 Å². The smallest absolute Gasteiger partial charge is 0.226 e. The molecule has 0 saturated heterocycles. The Kier molecular flexibility index (Phi) is 4.51. The van der Waals surface area contributed by atoms with E-state index in [1.54, 1.807) is 13.1 Å². The van der Waals surface area contributed by atoms with E-state index in [0.717, 1.165) is 16.3 Å². The minimum atomic E-state index is -3.38. The molecule has 0 aromatic carbocycles. The largest absolute Gasteiger partial charge is 0.248 e. The Balaban J connectivity index is 2.73. The molecule has 0 aliphatic rings. The molecule has 1 unspecified atom stereocenters. The number of halogens is 1. The van der Waals surface area contributed by atoms with E-state index in [-0.39, 0.29) is 6.04 Å². The Morgan fingerprint density at radius 2 is 2.33 bits per heavy atom. The Morgan fingerprint density at radius 3 is 2.80 bits per heavy atom. The summed E-state index contributed by atoms with van der Waals surface area (Å²) in [5.74, 6) is 0. The summed E-state index contributed by atoms with van der Waals surface area (Å²) < 4.78 is 24.8. The molecule has 86 valence electrons. The van der Waals surface area contributed by atoms with Gasteiger partial charge in [-0.3, -0.25) is 0 Å². The zero-order valence-corrected chi connectivity index (χ0v) is 10.9. The van der Waals surface area contributed by atoms with E-state index >= 15 is 0 Å². The Labute approximate surface area is 98.7 Å². The predicted octanol–water partition coefficient (Wildman–Crippen LogP) is 1.88. The third-order valence-electron chi connectivity index (χ3n) is 1.79. The quantitative estimate of drug-likeness (QED) is 0.830. The maximum atomic E-state index is 11.2. The number of hydrogen-bond donors (Lipinski definition) is 1. The number of thiazole rings is 1. The van der Waals surface area contributed by atoms with E-state index in [1.807, 2.05) is 6.92 Å². The van der Waals surface area contributed by atoms with Crippen LogP contribution in [0.4, 0.5) is 0 Å². The van der Waals surface area contributed by atoms with Crippen LogP contribution in [-0.2, 0) is 16.4 Å². The van der Waals surface area contributed by atoms with Gasteiger partial charge in [-0.25, -0.2) is 18.1 Å². The fourth-order valence-corrected chi connectivity index (χ4v) is 2.87. The van der Waals surface area contributed by atoms with Crippen molar-refractivity contribution < 1.29 is 8.42 Å². The fraction of sp³-hybridized carbons (Fsp3) is 0.625. The summed E-state index contributed by atoms with van der Waals surface area (Å²) in [6.07, 6.45) is 2.68. The van der Waals surface area contributed by atoms with Crippen LogP contribution in [0.15, 0.2) is 6.20 Å². The molecular weight excluding hydrogens is 256 g/mol. The number of aromatic nitrogens is 1. The molecule has 0 fully saturated rings. The number of rotatable bonds is 5. The average molecular weight is 269 g/mol. The first-order valence-electron chi connectivity index (χ1n) is 4.49. The van der Waals surface area contributed by atoms with Crippen molar-refractivity contribution in [2.45, 2.75) is 26.3 Å². The molecule has 1 atom stereocenters. The van der Waals surface area contributed by atoms with Crippen LogP contribution in [0.1, 0.15) is 29.8 Å². The van der Waals surface area contributed by atoms with Gasteiger partial charge in [0.1, 0.15) is 10.2 Å². The molecule has 0 spiro atoms. The van der Waals surface area contributed by atoms with Gasteiger partial charge in [-0.2, -0.15) is 0 Å². The second kappa shape index (κ2) is 5.25. The van der Waals surface area contributed by atoms with E-state index < -0.39 is 15.2 Å². The number of alkyl halides is 1. The van der Waals surface area contributed by atoms with Crippen LogP contribution in [0.25, 0.3) is 0 Å². The number of sulfonamides is 1. The Hall–Kier alpha value is -0.170. The van der Waals surface area contributed by atoms with Crippen LogP contribution in [0.5, 0.6) is 0 Å². The summed E-state index contributed by atoms with van der Waals surface area (Å²) in [4.78, 5) is 5.29. The van der Waals surface area contributed by atoms with Crippen LogP contribution < -0.4 is 4.72 Å². The van der Waals surface area contributed by atoms with E-state index in [1.165, 1.54) is 11.3 Å². The van der Waals surface area contributed by atoms with Crippen LogP contribution >= 0.6 is 22.9 Å². The summed E-state index contributed by atoms with van der Waals surface area (Å²) in [5.41, 5.74) is 0. The normalized spacial score (nSPS) is 14.1. The maximum absolute atomic E-state index is 11.2. The number of nitrogens with zero attached hydrogens (tertiary/aromatic N) is 1. The van der Waals surface area contributed by atoms with Gasteiger partial charge in [-0.05, 0) is 13.3 Å². The summed E-state index contributed by atoms with van der Waals surface area (Å²) in [6, 6.07) is -0.320. The lowest BCUT2D eigenvalue weighted by Gasteiger charge is -2.09. The molecule has 1 heterocycles. The van der Waals surface area contributed by atoms with Gasteiger partial charge in [0.15, 0.2) is 0 Å². The molecule has 0 bridgehead atoms. The summed E-state index contributed by atoms with van der Waals surface area (Å²) in [5, 5.41) is 0.337. The third-order valence-corrected chi connectivity index (χ3v) is 4.98. The van der Waals surface area contributed by atoms with Gasteiger partial charge >= 0.3 is 0 Å². The fourth-order valence-electron chi connectivity index (χ4n) is 1.04. The first kappa shape index (κ1) is 12.9. The number of aryl methyl sites for hydroxylation is 1. The van der Waals surface area contributed by atoms with Crippen LogP contribution in [0.3, 0.4) is 0 Å². The SMILES string of the molecule is CCc1cnc(C(C)NS(=O)(=O)CCl)s1. The van der Waals surface area contributed by atoms with Gasteiger partial charge in [0.05, 0.1) is 6.04 Å². The van der Waals surface area contributed by atoms with Crippen molar-refractivity contribution in [2.75, 3.05) is 5.21 Å². The van der Waals surface area contributed by atoms with E-state index in [9.17, 15) is 8.42 Å². The van der Waals surface area contributed by atoms with Gasteiger partial charge in [0.25, 0.3) is 0 Å². The highest BCUT2D eigenvalue weighted by Gasteiger charge is 2.16. The Morgan fingerprint density at radius 1 is 1.67 bits per heavy atom. The van der Waals surface area contributed by atoms with Crippen LogP contribution in [-0.4, -0.2) is 18.6 Å². The highest BCUT2D eigenvalue weighted by atomic mass is 35.5. The van der Waals surface area contributed by atoms with Crippen LogP contribution in [0, 0.1) is 0 Å². The molecule has 1 rings (SSSR count). The van der Waals surface area contributed by atoms with Crippen LogP contribution in [0.2, 0.25) is 0 Å². The topological polar surface area (TPSA) is 59.1 Å². The number of hydrogen-bond acceptors (Lipinski definition) is 4. The van der Waals surface area contributed by atoms with Gasteiger partial charge in [-0.15, -0.1) is 22.9 Å². The lowest BCUT2D eigenvalue weighted by Crippen LogP contribution is -2.27. The molecule has 0 aliphatic heterocycles. The molecule has 1 aromatic heterocycles. The summed E-state index contributed by atoms with van der Waals surface area (Å²) >= 11 is 6.80. The molecule has 1 aromatic rings. The van der Waals surface area contributed by atoms with Gasteiger partial charge < -0.3 is 0 Å². The van der Waals surface area contributed by atoms with Crippen molar-refractivity contribution in [3.63, 3.8) is 0 Å². The Bertz CT molecular complexity index is 416. The first-order chi connectivity index (χ1) is 6.98. The highest BCUT2D eigenvalue weighted by Crippen LogP contribution is 2.20. The summed E-state index contributed by atoms with van der Waals surface area (Å²) in [7, 11) is -3.38. The average Bonchev–Trinajstić information content (AvgIpc) is 2.65. The molecule has 0 aliphatic carbocycles. The number of nitrogens with one attached hydrogen (secondary N) is 1. The molecule has 0 amide bonds. The predicted molar refractivity (Wildman–Crippen MR) is 62.7 cm³/mol. The maximum Gasteiger partial charge on any atom is 0.226 e. The third kappa shape index (κ3) is 3.71. The molecule has 4 nitrogen and oxygen atoms in total. The molecule has 7 heteroatoms. The van der Waals surface area contributed by atoms with Crippen molar-refractivity contribution in [2.24, 2.45) is 0 Å². The van der Waals surface area contributed by atoms with Gasteiger partial charge in [-0.1, -0.05) is 6.92 Å². The zero-order chi connectivity index (χ0) is 11.5. The summed E-state index contributed by atoms with van der Waals surface area (Å²) in [6.45, 7) is 3.78. The van der Waals surface area contributed by atoms with Crippen molar-refractivity contribution in [1.29, 1.82) is 0 Å². The minimum Gasteiger partial charge on any atom is -0.248 e. The molecular formula is C8H13ClN2O2S2. The lowest BCUT2D eigenvalue weighted by molar-refractivity contribution is 0.571. The van der Waals surface area contributed by atoms with Gasteiger partial charge in [0, 0.05) is 11.1 Å².